The van der Waals surface area contributed by atoms with Crippen LogP contribution in [0.25, 0.3) is 16.7 Å². The van der Waals surface area contributed by atoms with E-state index in [1.807, 2.05) is 0 Å². The van der Waals surface area contributed by atoms with Crippen LogP contribution in [0, 0.1) is 12.7 Å². The molecule has 0 unspecified atom stereocenters. The van der Waals surface area contributed by atoms with Gasteiger partial charge in [0.2, 0.25) is 0 Å². The molecule has 6 nitrogen and oxygen atoms in total. The molecule has 28 heavy (non-hydrogen) atoms. The topological polar surface area (TPSA) is 76.9 Å². The number of halogens is 1. The molecule has 2 heterocycles. The van der Waals surface area contributed by atoms with Crippen molar-refractivity contribution in [1.82, 2.24) is 14.5 Å². The first-order valence-corrected chi connectivity index (χ1v) is 8.55. The molecule has 2 aromatic heterocycles. The van der Waals surface area contributed by atoms with Crippen molar-refractivity contribution in [1.29, 1.82) is 0 Å². The summed E-state index contributed by atoms with van der Waals surface area (Å²) in [5, 5.41) is 3.13. The quantitative estimate of drug-likeness (QED) is 0.596. The molecule has 7 heteroatoms. The molecule has 0 saturated heterocycles. The summed E-state index contributed by atoms with van der Waals surface area (Å²) in [4.78, 5) is 33.5. The van der Waals surface area contributed by atoms with Gasteiger partial charge in [-0.05, 0) is 61.5 Å². The lowest BCUT2D eigenvalue weighted by Gasteiger charge is -2.11. The fourth-order valence-corrected chi connectivity index (χ4v) is 2.95. The number of benzene rings is 2. The second-order valence-electron chi connectivity index (χ2n) is 6.19. The number of carbonyl (C=O) groups excluding carboxylic acids is 1. The largest absolute Gasteiger partial charge is 0.322 e. The van der Waals surface area contributed by atoms with Crippen LogP contribution in [0.2, 0.25) is 0 Å². The summed E-state index contributed by atoms with van der Waals surface area (Å²) < 4.78 is 14.8. The Labute approximate surface area is 159 Å². The molecule has 0 radical (unpaired) electrons. The summed E-state index contributed by atoms with van der Waals surface area (Å²) in [6.07, 6.45) is 1.59. The van der Waals surface area contributed by atoms with E-state index < -0.39 is 11.7 Å². The predicted octanol–water partition coefficient (Wildman–Crippen LogP) is 3.48. The van der Waals surface area contributed by atoms with Crippen LogP contribution < -0.4 is 10.9 Å². The fourth-order valence-electron chi connectivity index (χ4n) is 2.95. The summed E-state index contributed by atoms with van der Waals surface area (Å²) in [6, 6.07) is 15.6. The highest BCUT2D eigenvalue weighted by molar-refractivity contribution is 6.04. The highest BCUT2D eigenvalue weighted by atomic mass is 19.1. The highest BCUT2D eigenvalue weighted by Gasteiger charge is 2.11. The summed E-state index contributed by atoms with van der Waals surface area (Å²) in [5.74, 6) is -0.386. The van der Waals surface area contributed by atoms with Gasteiger partial charge in [-0.25, -0.2) is 14.4 Å². The van der Waals surface area contributed by atoms with Crippen LogP contribution >= 0.6 is 0 Å². The average Bonchev–Trinajstić information content (AvgIpc) is 2.69. The third-order valence-corrected chi connectivity index (χ3v) is 4.28. The summed E-state index contributed by atoms with van der Waals surface area (Å²) in [7, 11) is 0. The molecule has 0 aliphatic heterocycles. The van der Waals surface area contributed by atoms with Crippen LogP contribution in [0.3, 0.4) is 0 Å². The van der Waals surface area contributed by atoms with Crippen molar-refractivity contribution in [3.05, 3.63) is 94.4 Å². The molecule has 0 bridgehead atoms. The van der Waals surface area contributed by atoms with Crippen molar-refractivity contribution in [3.8, 4) is 5.69 Å². The van der Waals surface area contributed by atoms with Crippen LogP contribution in [0.5, 0.6) is 0 Å². The van der Waals surface area contributed by atoms with Gasteiger partial charge in [0.05, 0.1) is 11.1 Å². The monoisotopic (exact) mass is 374 g/mol. The molecular weight excluding hydrogens is 359 g/mol. The van der Waals surface area contributed by atoms with Crippen molar-refractivity contribution in [2.45, 2.75) is 6.92 Å². The minimum absolute atomic E-state index is 0.216. The molecule has 0 fully saturated rings. The van der Waals surface area contributed by atoms with E-state index in [0.29, 0.717) is 28.2 Å². The lowest BCUT2D eigenvalue weighted by Crippen LogP contribution is -2.22. The Hall–Kier alpha value is -3.87. The van der Waals surface area contributed by atoms with Crippen LogP contribution in [-0.2, 0) is 0 Å². The average molecular weight is 374 g/mol. The molecule has 0 aliphatic carbocycles. The Morgan fingerprint density at radius 2 is 1.86 bits per heavy atom. The minimum Gasteiger partial charge on any atom is -0.322 e. The molecule has 1 N–H and O–H groups in total. The SMILES string of the molecule is Cc1nc2ncccc2c(=O)n1-c1ccc(NC(=O)c2cccc(F)c2)cc1. The van der Waals surface area contributed by atoms with Crippen molar-refractivity contribution in [2.75, 3.05) is 5.32 Å². The number of nitrogens with zero attached hydrogens (tertiary/aromatic N) is 3. The Balaban J connectivity index is 1.65. The maximum absolute atomic E-state index is 13.3. The van der Waals surface area contributed by atoms with Crippen molar-refractivity contribution >= 4 is 22.6 Å². The van der Waals surface area contributed by atoms with Crippen LogP contribution in [0.4, 0.5) is 10.1 Å². The van der Waals surface area contributed by atoms with Crippen molar-refractivity contribution in [2.24, 2.45) is 0 Å². The standard InChI is InChI=1S/C21H15FN4O2/c1-13-24-19-18(6-3-11-23-19)21(28)26(13)17-9-7-16(8-10-17)25-20(27)14-4-2-5-15(22)12-14/h2-12H,1H3,(H,25,27). The number of hydrogen-bond acceptors (Lipinski definition) is 4. The second-order valence-corrected chi connectivity index (χ2v) is 6.19. The Morgan fingerprint density at radius 3 is 2.61 bits per heavy atom. The Morgan fingerprint density at radius 1 is 1.07 bits per heavy atom. The maximum Gasteiger partial charge on any atom is 0.267 e. The van der Waals surface area contributed by atoms with E-state index >= 15 is 0 Å². The molecule has 0 atom stereocenters. The zero-order chi connectivity index (χ0) is 19.7. The Kier molecular flexibility index (Phi) is 4.41. The fraction of sp³-hybridized carbons (Fsp3) is 0.0476. The van der Waals surface area contributed by atoms with E-state index in [-0.39, 0.29) is 11.1 Å². The zero-order valence-corrected chi connectivity index (χ0v) is 14.9. The third-order valence-electron chi connectivity index (χ3n) is 4.28. The molecular formula is C21H15FN4O2. The maximum atomic E-state index is 13.3. The van der Waals surface area contributed by atoms with Gasteiger partial charge in [-0.2, -0.15) is 0 Å². The van der Waals surface area contributed by atoms with Gasteiger partial charge < -0.3 is 5.32 Å². The first-order valence-electron chi connectivity index (χ1n) is 8.55. The normalized spacial score (nSPS) is 10.8. The summed E-state index contributed by atoms with van der Waals surface area (Å²) in [5.41, 5.74) is 1.55. The number of pyridine rings is 1. The number of rotatable bonds is 3. The number of anilines is 1. The number of nitrogens with one attached hydrogen (secondary N) is 1. The van der Waals surface area contributed by atoms with E-state index in [1.165, 1.54) is 28.8 Å². The first kappa shape index (κ1) is 17.5. The number of amides is 1. The van der Waals surface area contributed by atoms with Crippen LogP contribution in [-0.4, -0.2) is 20.4 Å². The van der Waals surface area contributed by atoms with Gasteiger partial charge in [-0.3, -0.25) is 14.2 Å². The van der Waals surface area contributed by atoms with Gasteiger partial charge in [0.25, 0.3) is 11.5 Å². The van der Waals surface area contributed by atoms with E-state index in [4.69, 9.17) is 0 Å². The lowest BCUT2D eigenvalue weighted by atomic mass is 10.2. The number of aryl methyl sites for hydroxylation is 1. The molecule has 138 valence electrons. The second kappa shape index (κ2) is 7.03. The van der Waals surface area contributed by atoms with E-state index in [2.05, 4.69) is 15.3 Å². The van der Waals surface area contributed by atoms with Crippen molar-refractivity contribution < 1.29 is 9.18 Å². The minimum atomic E-state index is -0.476. The number of carbonyl (C=O) groups is 1. The van der Waals surface area contributed by atoms with Gasteiger partial charge in [0, 0.05) is 17.4 Å². The van der Waals surface area contributed by atoms with Crippen LogP contribution in [0.1, 0.15) is 16.2 Å². The van der Waals surface area contributed by atoms with Crippen LogP contribution in [0.15, 0.2) is 71.7 Å². The number of fused-ring (bicyclic) bond motifs is 1. The third kappa shape index (κ3) is 3.25. The van der Waals surface area contributed by atoms with Gasteiger partial charge >= 0.3 is 0 Å². The first-order chi connectivity index (χ1) is 13.5. The van der Waals surface area contributed by atoms with Gasteiger partial charge in [0.1, 0.15) is 11.6 Å². The molecule has 2 aromatic carbocycles. The summed E-state index contributed by atoms with van der Waals surface area (Å²) in [6.45, 7) is 1.73. The number of aromatic nitrogens is 3. The van der Waals surface area contributed by atoms with E-state index in [9.17, 15) is 14.0 Å². The molecule has 1 amide bonds. The molecule has 0 spiro atoms. The zero-order valence-electron chi connectivity index (χ0n) is 14.9. The Bertz CT molecular complexity index is 1250. The lowest BCUT2D eigenvalue weighted by molar-refractivity contribution is 0.102. The smallest absolute Gasteiger partial charge is 0.267 e. The highest BCUT2D eigenvalue weighted by Crippen LogP contribution is 2.16. The molecule has 4 rings (SSSR count). The van der Waals surface area contributed by atoms with E-state index in [1.54, 1.807) is 49.5 Å². The van der Waals surface area contributed by atoms with Gasteiger partial charge in [0.15, 0.2) is 5.65 Å². The number of hydrogen-bond donors (Lipinski definition) is 1. The summed E-state index contributed by atoms with van der Waals surface area (Å²) >= 11 is 0. The molecule has 0 aliphatic rings. The molecule has 4 aromatic rings. The van der Waals surface area contributed by atoms with E-state index in [0.717, 1.165) is 0 Å². The van der Waals surface area contributed by atoms with Gasteiger partial charge in [-0.15, -0.1) is 0 Å². The van der Waals surface area contributed by atoms with Crippen molar-refractivity contribution in [3.63, 3.8) is 0 Å². The molecule has 0 saturated carbocycles. The predicted molar refractivity (Wildman–Crippen MR) is 104 cm³/mol. The van der Waals surface area contributed by atoms with Gasteiger partial charge in [-0.1, -0.05) is 6.07 Å².